The largest absolute Gasteiger partial charge is 0.310 e. The third kappa shape index (κ3) is 5.29. The van der Waals surface area contributed by atoms with Gasteiger partial charge in [-0.15, -0.1) is 0 Å². The molecule has 0 aromatic heterocycles. The summed E-state index contributed by atoms with van der Waals surface area (Å²) in [6, 6.07) is 58.3. The molecule has 1 nitrogen and oxygen atoms in total. The maximum atomic E-state index is 2.68. The molecule has 0 heterocycles. The fourth-order valence-corrected chi connectivity index (χ4v) is 13.6. The molecule has 0 radical (unpaired) electrons. The molecule has 0 aliphatic heterocycles. The first-order valence-corrected chi connectivity index (χ1v) is 22.6. The zero-order valence-electron chi connectivity index (χ0n) is 35.1. The maximum Gasteiger partial charge on any atom is 0.0502 e. The van der Waals surface area contributed by atoms with Crippen LogP contribution in [-0.2, 0) is 16.2 Å². The van der Waals surface area contributed by atoms with Crippen molar-refractivity contribution in [3.63, 3.8) is 0 Å². The molecule has 6 aliphatic carbocycles. The van der Waals surface area contributed by atoms with Gasteiger partial charge in [0.15, 0.2) is 0 Å². The molecule has 0 amide bonds. The molecule has 0 saturated heterocycles. The standard InChI is InChI=1S/C58H55N/c1-56(2)27-28-57(3,4)55-52(56)15-10-16-54(55)59(47-23-21-40(22-24-47)42-18-20-43-34-41(17-19-44(43)35-42)39-11-6-5-7-12-39)48-25-26-50-49-13-8-9-14-51(49)58(53(50)36-48)45-30-37-29-38(32-45)33-46(58)31-37/h5-26,34-38,45-46H,27-33H2,1-4H3. The quantitative estimate of drug-likeness (QED) is 0.169. The van der Waals surface area contributed by atoms with Crippen LogP contribution in [-0.4, -0.2) is 0 Å². The lowest BCUT2D eigenvalue weighted by molar-refractivity contribution is -0.0399. The molecular weight excluding hydrogens is 711 g/mol. The van der Waals surface area contributed by atoms with E-state index in [9.17, 15) is 0 Å². The van der Waals surface area contributed by atoms with Gasteiger partial charge in [-0.3, -0.25) is 0 Å². The van der Waals surface area contributed by atoms with E-state index in [-0.39, 0.29) is 16.2 Å². The highest BCUT2D eigenvalue weighted by Crippen LogP contribution is 2.69. The SMILES string of the molecule is CC1(C)CCC(C)(C)c2c(N(c3ccc(-c4ccc5cc(-c6ccccc6)ccc5c4)cc3)c3ccc4c(c3)C3(c5ccccc5-4)C4CC5CC(C4)CC3C5)cccc21. The first-order chi connectivity index (χ1) is 28.7. The second-order valence-corrected chi connectivity index (χ2v) is 20.4. The van der Waals surface area contributed by atoms with E-state index in [1.165, 1.54) is 117 Å². The molecule has 4 bridgehead atoms. The number of benzene rings is 7. The fraction of sp³-hybridized carbons (Fsp3) is 0.310. The molecule has 0 N–H and O–H groups in total. The van der Waals surface area contributed by atoms with Gasteiger partial charge in [0.25, 0.3) is 0 Å². The Morgan fingerprint density at radius 1 is 0.424 bits per heavy atom. The number of fused-ring (bicyclic) bond motifs is 5. The van der Waals surface area contributed by atoms with Crippen LogP contribution in [0, 0.1) is 23.7 Å². The van der Waals surface area contributed by atoms with E-state index in [0.717, 1.165) is 23.7 Å². The van der Waals surface area contributed by atoms with Crippen molar-refractivity contribution in [3.05, 3.63) is 174 Å². The number of rotatable bonds is 5. The summed E-state index contributed by atoms with van der Waals surface area (Å²) < 4.78 is 0. The Hall–Kier alpha value is -5.40. The van der Waals surface area contributed by atoms with Crippen molar-refractivity contribution in [3.8, 4) is 33.4 Å². The Morgan fingerprint density at radius 3 is 1.68 bits per heavy atom. The van der Waals surface area contributed by atoms with Crippen LogP contribution in [0.5, 0.6) is 0 Å². The van der Waals surface area contributed by atoms with Crippen LogP contribution in [0.2, 0.25) is 0 Å². The molecular formula is C58H55N. The summed E-state index contributed by atoms with van der Waals surface area (Å²) in [6.07, 6.45) is 9.45. The molecule has 0 atom stereocenters. The normalized spacial score (nSPS) is 25.2. The Labute approximate surface area is 351 Å². The second kappa shape index (κ2) is 12.8. The predicted octanol–water partition coefficient (Wildman–Crippen LogP) is 15.7. The summed E-state index contributed by atoms with van der Waals surface area (Å²) in [6.45, 7) is 9.88. The van der Waals surface area contributed by atoms with Gasteiger partial charge in [0.05, 0.1) is 5.69 Å². The molecule has 0 unspecified atom stereocenters. The van der Waals surface area contributed by atoms with Crippen molar-refractivity contribution < 1.29 is 0 Å². The molecule has 13 rings (SSSR count). The van der Waals surface area contributed by atoms with Gasteiger partial charge in [-0.2, -0.15) is 0 Å². The van der Waals surface area contributed by atoms with E-state index in [4.69, 9.17) is 0 Å². The second-order valence-electron chi connectivity index (χ2n) is 20.4. The van der Waals surface area contributed by atoms with Gasteiger partial charge < -0.3 is 4.90 Å². The van der Waals surface area contributed by atoms with Crippen molar-refractivity contribution in [2.75, 3.05) is 4.90 Å². The van der Waals surface area contributed by atoms with Gasteiger partial charge in [0.1, 0.15) is 0 Å². The van der Waals surface area contributed by atoms with Crippen molar-refractivity contribution >= 4 is 27.8 Å². The van der Waals surface area contributed by atoms with Crippen LogP contribution < -0.4 is 4.90 Å². The smallest absolute Gasteiger partial charge is 0.0502 e. The van der Waals surface area contributed by atoms with Crippen LogP contribution in [0.15, 0.2) is 152 Å². The Kier molecular flexibility index (Phi) is 7.71. The van der Waals surface area contributed by atoms with Gasteiger partial charge in [-0.25, -0.2) is 0 Å². The third-order valence-electron chi connectivity index (χ3n) is 16.3. The van der Waals surface area contributed by atoms with E-state index in [0.29, 0.717) is 0 Å². The highest BCUT2D eigenvalue weighted by molar-refractivity contribution is 5.92. The Morgan fingerprint density at radius 2 is 0.983 bits per heavy atom. The molecule has 6 aliphatic rings. The van der Waals surface area contributed by atoms with Gasteiger partial charge in [-0.1, -0.05) is 137 Å². The number of hydrogen-bond donors (Lipinski definition) is 0. The van der Waals surface area contributed by atoms with Crippen molar-refractivity contribution in [2.24, 2.45) is 23.7 Å². The van der Waals surface area contributed by atoms with E-state index < -0.39 is 0 Å². The van der Waals surface area contributed by atoms with Crippen LogP contribution in [0.3, 0.4) is 0 Å². The number of anilines is 3. The molecule has 1 heteroatoms. The van der Waals surface area contributed by atoms with Gasteiger partial charge in [0.2, 0.25) is 0 Å². The number of hydrogen-bond acceptors (Lipinski definition) is 1. The Bertz CT molecular complexity index is 2760. The van der Waals surface area contributed by atoms with Crippen LogP contribution in [0.1, 0.15) is 94.9 Å². The topological polar surface area (TPSA) is 3.24 Å². The van der Waals surface area contributed by atoms with Crippen molar-refractivity contribution in [1.29, 1.82) is 0 Å². The van der Waals surface area contributed by atoms with Gasteiger partial charge in [-0.05, 0) is 188 Å². The average Bonchev–Trinajstić information content (AvgIpc) is 3.54. The highest BCUT2D eigenvalue weighted by Gasteiger charge is 2.61. The zero-order chi connectivity index (χ0) is 39.7. The molecule has 4 fully saturated rings. The van der Waals surface area contributed by atoms with Gasteiger partial charge >= 0.3 is 0 Å². The molecule has 59 heavy (non-hydrogen) atoms. The first-order valence-electron chi connectivity index (χ1n) is 22.6. The average molecular weight is 766 g/mol. The molecule has 1 spiro atoms. The van der Waals surface area contributed by atoms with Crippen LogP contribution in [0.25, 0.3) is 44.2 Å². The van der Waals surface area contributed by atoms with E-state index in [2.05, 4.69) is 184 Å². The molecule has 7 aromatic carbocycles. The highest BCUT2D eigenvalue weighted by atomic mass is 15.1. The molecule has 7 aromatic rings. The summed E-state index contributed by atoms with van der Waals surface area (Å²) in [5, 5.41) is 2.54. The summed E-state index contributed by atoms with van der Waals surface area (Å²) in [4.78, 5) is 2.64. The van der Waals surface area contributed by atoms with Crippen LogP contribution >= 0.6 is 0 Å². The minimum absolute atomic E-state index is 0.0563. The summed E-state index contributed by atoms with van der Waals surface area (Å²) in [5.74, 6) is 3.32. The van der Waals surface area contributed by atoms with Crippen molar-refractivity contribution in [1.82, 2.24) is 0 Å². The Balaban J connectivity index is 1.00. The van der Waals surface area contributed by atoms with E-state index in [1.807, 2.05) is 0 Å². The van der Waals surface area contributed by atoms with E-state index >= 15 is 0 Å². The first kappa shape index (κ1) is 35.5. The molecule has 4 saturated carbocycles. The number of nitrogens with zero attached hydrogens (tertiary/aromatic N) is 1. The van der Waals surface area contributed by atoms with E-state index in [1.54, 1.807) is 11.1 Å². The van der Waals surface area contributed by atoms with Crippen LogP contribution in [0.4, 0.5) is 17.1 Å². The lowest BCUT2D eigenvalue weighted by atomic mass is 9.43. The zero-order valence-corrected chi connectivity index (χ0v) is 35.1. The minimum atomic E-state index is 0.0563. The summed E-state index contributed by atoms with van der Waals surface area (Å²) >= 11 is 0. The lowest BCUT2D eigenvalue weighted by Crippen LogP contribution is -2.55. The van der Waals surface area contributed by atoms with Gasteiger partial charge in [0, 0.05) is 16.8 Å². The summed E-state index contributed by atoms with van der Waals surface area (Å²) in [7, 11) is 0. The summed E-state index contributed by atoms with van der Waals surface area (Å²) in [5.41, 5.74) is 18.4. The lowest BCUT2D eigenvalue weighted by Gasteiger charge is -2.61. The monoisotopic (exact) mass is 765 g/mol. The fourth-order valence-electron chi connectivity index (χ4n) is 13.6. The third-order valence-corrected chi connectivity index (χ3v) is 16.3. The minimum Gasteiger partial charge on any atom is -0.310 e. The molecule has 292 valence electrons. The van der Waals surface area contributed by atoms with Crippen molar-refractivity contribution in [2.45, 2.75) is 88.9 Å². The predicted molar refractivity (Wildman–Crippen MR) is 248 cm³/mol. The maximum absolute atomic E-state index is 2.68.